The SMILES string of the molecule is CCC(C)C(NCC(N)CS)C(=O)N(C(=O)C(N)Cc1ccc(I)cc1)C(CCSC)C(=O)O. The number of nitrogens with two attached hydrogens (primary N) is 2. The molecule has 0 radical (unpaired) electrons. The number of imide groups is 1. The van der Waals surface area contributed by atoms with Crippen molar-refractivity contribution in [3.8, 4) is 0 Å². The van der Waals surface area contributed by atoms with Crippen molar-refractivity contribution in [1.29, 1.82) is 0 Å². The van der Waals surface area contributed by atoms with Gasteiger partial charge in [-0.05, 0) is 71.1 Å². The lowest BCUT2D eigenvalue weighted by Crippen LogP contribution is -2.61. The van der Waals surface area contributed by atoms with Crippen LogP contribution in [0.15, 0.2) is 24.3 Å². The Morgan fingerprint density at radius 2 is 1.82 bits per heavy atom. The van der Waals surface area contributed by atoms with Gasteiger partial charge in [0.1, 0.15) is 6.04 Å². The van der Waals surface area contributed by atoms with E-state index in [1.807, 2.05) is 44.4 Å². The Labute approximate surface area is 225 Å². The van der Waals surface area contributed by atoms with Crippen molar-refractivity contribution < 1.29 is 19.5 Å². The summed E-state index contributed by atoms with van der Waals surface area (Å²) in [5, 5.41) is 13.1. The van der Waals surface area contributed by atoms with Crippen LogP contribution in [-0.2, 0) is 20.8 Å². The molecule has 0 fully saturated rings. The molecule has 0 bridgehead atoms. The van der Waals surface area contributed by atoms with Crippen molar-refractivity contribution in [3.05, 3.63) is 33.4 Å². The lowest BCUT2D eigenvalue weighted by molar-refractivity contribution is -0.160. The molecule has 5 atom stereocenters. The molecule has 0 aliphatic rings. The number of carbonyl (C=O) groups is 3. The van der Waals surface area contributed by atoms with Crippen LogP contribution in [0.25, 0.3) is 0 Å². The van der Waals surface area contributed by atoms with Gasteiger partial charge in [-0.25, -0.2) is 4.79 Å². The van der Waals surface area contributed by atoms with Gasteiger partial charge in [-0.1, -0.05) is 32.4 Å². The highest BCUT2D eigenvalue weighted by Gasteiger charge is 2.41. The van der Waals surface area contributed by atoms with Gasteiger partial charge in [-0.15, -0.1) is 0 Å². The number of carboxylic acid groups (broad SMARTS) is 1. The van der Waals surface area contributed by atoms with Gasteiger partial charge >= 0.3 is 5.97 Å². The predicted molar refractivity (Wildman–Crippen MR) is 150 cm³/mol. The minimum atomic E-state index is -1.30. The molecule has 192 valence electrons. The summed E-state index contributed by atoms with van der Waals surface area (Å²) in [7, 11) is 0. The zero-order valence-corrected chi connectivity index (χ0v) is 23.8. The first-order valence-electron chi connectivity index (χ1n) is 11.3. The van der Waals surface area contributed by atoms with E-state index in [1.165, 1.54) is 11.8 Å². The normalized spacial score (nSPS) is 15.7. The highest BCUT2D eigenvalue weighted by atomic mass is 127. The summed E-state index contributed by atoms with van der Waals surface area (Å²) in [6, 6.07) is 4.12. The maximum atomic E-state index is 13.8. The average molecular weight is 625 g/mol. The third-order valence-corrected chi connectivity index (χ3v) is 7.50. The number of carbonyl (C=O) groups excluding carboxylic acids is 2. The van der Waals surface area contributed by atoms with Crippen molar-refractivity contribution in [2.45, 2.75) is 57.3 Å². The zero-order valence-electron chi connectivity index (χ0n) is 19.9. The van der Waals surface area contributed by atoms with E-state index in [0.717, 1.165) is 14.0 Å². The molecule has 0 saturated heterocycles. The van der Waals surface area contributed by atoms with Crippen molar-refractivity contribution in [3.63, 3.8) is 0 Å². The molecule has 0 heterocycles. The van der Waals surface area contributed by atoms with Crippen LogP contribution in [-0.4, -0.2) is 76.3 Å². The van der Waals surface area contributed by atoms with Gasteiger partial charge in [0.05, 0.1) is 12.1 Å². The van der Waals surface area contributed by atoms with Crippen LogP contribution in [0.4, 0.5) is 0 Å². The quantitative estimate of drug-likeness (QED) is 0.148. The first-order chi connectivity index (χ1) is 16.1. The molecule has 0 saturated carbocycles. The van der Waals surface area contributed by atoms with Gasteiger partial charge in [0, 0.05) is 21.9 Å². The predicted octanol–water partition coefficient (Wildman–Crippen LogP) is 1.98. The summed E-state index contributed by atoms with van der Waals surface area (Å²) in [6.07, 6.45) is 2.82. The first kappa shape index (κ1) is 31.2. The first-order valence-corrected chi connectivity index (χ1v) is 14.4. The van der Waals surface area contributed by atoms with E-state index in [9.17, 15) is 19.5 Å². The second-order valence-electron chi connectivity index (χ2n) is 8.33. The van der Waals surface area contributed by atoms with Crippen LogP contribution in [0.2, 0.25) is 0 Å². The number of amides is 2. The van der Waals surface area contributed by atoms with Crippen molar-refractivity contribution in [2.75, 3.05) is 24.3 Å². The molecule has 2 amide bonds. The van der Waals surface area contributed by atoms with Crippen LogP contribution in [0.5, 0.6) is 0 Å². The minimum absolute atomic E-state index is 0.133. The Morgan fingerprint density at radius 1 is 1.21 bits per heavy atom. The maximum absolute atomic E-state index is 13.8. The molecule has 1 rings (SSSR count). The summed E-state index contributed by atoms with van der Waals surface area (Å²) in [5.74, 6) is -1.76. The second-order valence-corrected chi connectivity index (χ2v) is 10.9. The van der Waals surface area contributed by atoms with E-state index in [1.54, 1.807) is 0 Å². The van der Waals surface area contributed by atoms with E-state index in [-0.39, 0.29) is 24.8 Å². The number of thioether (sulfide) groups is 1. The lowest BCUT2D eigenvalue weighted by Gasteiger charge is -2.34. The standard InChI is InChI=1S/C23H37IN4O4S2/c1-4-14(2)20(27-12-17(25)13-33)22(30)28(19(23(31)32)9-10-34-3)21(29)18(26)11-15-5-7-16(24)8-6-15/h5-8,14,17-20,27,33H,4,9-13,25-26H2,1-3H3,(H,31,32). The molecule has 0 aliphatic heterocycles. The van der Waals surface area contributed by atoms with Gasteiger partial charge in [0.2, 0.25) is 11.8 Å². The number of hydrogen-bond donors (Lipinski definition) is 5. The Kier molecular flexibility index (Phi) is 14.7. The van der Waals surface area contributed by atoms with E-state index in [2.05, 4.69) is 40.5 Å². The third kappa shape index (κ3) is 9.65. The highest BCUT2D eigenvalue weighted by Crippen LogP contribution is 2.19. The van der Waals surface area contributed by atoms with Gasteiger partial charge < -0.3 is 21.9 Å². The number of thiol groups is 1. The largest absolute Gasteiger partial charge is 0.480 e. The number of nitrogens with one attached hydrogen (secondary N) is 1. The van der Waals surface area contributed by atoms with Crippen LogP contribution in [0, 0.1) is 9.49 Å². The van der Waals surface area contributed by atoms with Crippen molar-refractivity contribution >= 4 is 64.8 Å². The molecule has 11 heteroatoms. The fourth-order valence-electron chi connectivity index (χ4n) is 3.41. The fourth-order valence-corrected chi connectivity index (χ4v) is 4.36. The number of carboxylic acids is 1. The maximum Gasteiger partial charge on any atom is 0.326 e. The van der Waals surface area contributed by atoms with E-state index in [0.29, 0.717) is 24.5 Å². The van der Waals surface area contributed by atoms with E-state index in [4.69, 9.17) is 11.5 Å². The summed E-state index contributed by atoms with van der Waals surface area (Å²) >= 11 is 7.82. The minimum Gasteiger partial charge on any atom is -0.480 e. The number of benzene rings is 1. The van der Waals surface area contributed by atoms with Crippen LogP contribution in [0.3, 0.4) is 0 Å². The zero-order chi connectivity index (χ0) is 25.8. The summed E-state index contributed by atoms with van der Waals surface area (Å²) in [4.78, 5) is 40.4. The molecule has 5 unspecified atom stereocenters. The average Bonchev–Trinajstić information content (AvgIpc) is 2.81. The van der Waals surface area contributed by atoms with Gasteiger partial charge in [-0.3, -0.25) is 14.5 Å². The molecule has 34 heavy (non-hydrogen) atoms. The Morgan fingerprint density at radius 3 is 2.32 bits per heavy atom. The summed E-state index contributed by atoms with van der Waals surface area (Å²) in [6.45, 7) is 4.12. The molecule has 0 aromatic heterocycles. The lowest BCUT2D eigenvalue weighted by atomic mass is 9.95. The molecule has 8 nitrogen and oxygen atoms in total. The van der Waals surface area contributed by atoms with Crippen LogP contribution in [0.1, 0.15) is 32.3 Å². The van der Waals surface area contributed by atoms with Crippen LogP contribution >= 0.6 is 47.0 Å². The molecule has 0 aliphatic carbocycles. The summed E-state index contributed by atoms with van der Waals surface area (Å²) < 4.78 is 1.04. The number of rotatable bonds is 15. The molecule has 1 aromatic carbocycles. The molecule has 0 spiro atoms. The molecule has 1 aromatic rings. The number of nitrogens with zero attached hydrogens (tertiary/aromatic N) is 1. The topological polar surface area (TPSA) is 139 Å². The second kappa shape index (κ2) is 16.0. The monoisotopic (exact) mass is 624 g/mol. The number of hydrogen-bond acceptors (Lipinski definition) is 8. The Balaban J connectivity index is 3.31. The van der Waals surface area contributed by atoms with Crippen molar-refractivity contribution in [1.82, 2.24) is 10.2 Å². The molecule has 6 N–H and O–H groups in total. The van der Waals surface area contributed by atoms with E-state index < -0.39 is 35.9 Å². The smallest absolute Gasteiger partial charge is 0.326 e. The van der Waals surface area contributed by atoms with Gasteiger partial charge in [0.15, 0.2) is 0 Å². The number of aliphatic carboxylic acids is 1. The third-order valence-electron chi connectivity index (χ3n) is 5.67. The molecular weight excluding hydrogens is 587 g/mol. The van der Waals surface area contributed by atoms with Crippen LogP contribution < -0.4 is 16.8 Å². The van der Waals surface area contributed by atoms with Crippen molar-refractivity contribution in [2.24, 2.45) is 17.4 Å². The molecular formula is C23H37IN4O4S2. The Hall–Kier alpha value is -0.860. The Bertz CT molecular complexity index is 800. The highest BCUT2D eigenvalue weighted by molar-refractivity contribution is 14.1. The van der Waals surface area contributed by atoms with Gasteiger partial charge in [0.25, 0.3) is 0 Å². The fraction of sp³-hybridized carbons (Fsp3) is 0.609. The summed E-state index contributed by atoms with van der Waals surface area (Å²) in [5.41, 5.74) is 13.1. The van der Waals surface area contributed by atoms with Gasteiger partial charge in [-0.2, -0.15) is 24.4 Å². The van der Waals surface area contributed by atoms with E-state index >= 15 is 0 Å². The number of halogens is 1.